The Labute approximate surface area is 236 Å². The Morgan fingerprint density at radius 2 is 1.10 bits per heavy atom. The summed E-state index contributed by atoms with van der Waals surface area (Å²) in [6, 6.07) is 39.8. The predicted octanol–water partition coefficient (Wildman–Crippen LogP) is 9.04. The first-order valence-electron chi connectivity index (χ1n) is 13.2. The highest BCUT2D eigenvalue weighted by atomic mass is 16.5. The van der Waals surface area contributed by atoms with Gasteiger partial charge in [-0.05, 0) is 108 Å². The van der Waals surface area contributed by atoms with E-state index in [4.69, 9.17) is 14.2 Å². The Hall–Kier alpha value is -4.74. The molecule has 0 radical (unpaired) electrons. The highest BCUT2D eigenvalue weighted by Gasteiger charge is 2.14. The summed E-state index contributed by atoms with van der Waals surface area (Å²) in [6.45, 7) is 2.66. The van der Waals surface area contributed by atoms with Crippen LogP contribution >= 0.6 is 0 Å². The number of nitrogens with one attached hydrogen (secondary N) is 1. The molecule has 0 atom stereocenters. The summed E-state index contributed by atoms with van der Waals surface area (Å²) in [5, 5.41) is 3.44. The van der Waals surface area contributed by atoms with Crippen molar-refractivity contribution in [3.8, 4) is 22.6 Å². The molecule has 0 fully saturated rings. The lowest BCUT2D eigenvalue weighted by molar-refractivity contribution is 0.185. The number of ether oxygens (including phenoxy) is 3. The molecule has 40 heavy (non-hydrogen) atoms. The van der Waals surface area contributed by atoms with E-state index in [2.05, 4.69) is 102 Å². The Morgan fingerprint density at radius 1 is 0.575 bits per heavy atom. The van der Waals surface area contributed by atoms with Crippen molar-refractivity contribution in [2.45, 2.75) is 13.5 Å². The summed E-state index contributed by atoms with van der Waals surface area (Å²) < 4.78 is 16.1. The molecule has 0 spiro atoms. The molecule has 0 aromatic heterocycles. The molecule has 5 nitrogen and oxygen atoms in total. The zero-order chi connectivity index (χ0) is 27.9. The molecule has 5 aromatic rings. The topological polar surface area (TPSA) is 43.0 Å². The molecule has 0 saturated carbocycles. The lowest BCUT2D eigenvalue weighted by Crippen LogP contribution is -2.10. The average Bonchev–Trinajstić information content (AvgIpc) is 3.00. The van der Waals surface area contributed by atoms with E-state index >= 15 is 0 Å². The van der Waals surface area contributed by atoms with Crippen molar-refractivity contribution < 1.29 is 14.2 Å². The van der Waals surface area contributed by atoms with E-state index in [9.17, 15) is 0 Å². The molecule has 0 aliphatic rings. The van der Waals surface area contributed by atoms with Gasteiger partial charge in [0.15, 0.2) is 0 Å². The second kappa shape index (κ2) is 12.4. The Bertz CT molecular complexity index is 1530. The van der Waals surface area contributed by atoms with Crippen LogP contribution in [-0.4, -0.2) is 21.3 Å². The minimum atomic E-state index is 0.588. The van der Waals surface area contributed by atoms with Crippen molar-refractivity contribution in [3.05, 3.63) is 126 Å². The van der Waals surface area contributed by atoms with Crippen LogP contribution < -0.4 is 19.7 Å². The second-order valence-corrected chi connectivity index (χ2v) is 9.57. The second-order valence-electron chi connectivity index (χ2n) is 9.57. The minimum Gasteiger partial charge on any atom is -0.497 e. The van der Waals surface area contributed by atoms with E-state index in [-0.39, 0.29) is 0 Å². The van der Waals surface area contributed by atoms with Gasteiger partial charge in [0.25, 0.3) is 0 Å². The average molecular weight is 531 g/mol. The number of benzene rings is 5. The molecule has 0 unspecified atom stereocenters. The predicted molar refractivity (Wildman–Crippen MR) is 165 cm³/mol. The Morgan fingerprint density at radius 3 is 1.62 bits per heavy atom. The molecule has 0 aliphatic heterocycles. The van der Waals surface area contributed by atoms with Crippen molar-refractivity contribution in [2.75, 3.05) is 31.5 Å². The summed E-state index contributed by atoms with van der Waals surface area (Å²) in [7, 11) is 5.09. The van der Waals surface area contributed by atoms with Crippen LogP contribution in [-0.2, 0) is 11.3 Å². The molecule has 5 heteroatoms. The molecule has 5 rings (SSSR count). The van der Waals surface area contributed by atoms with Crippen LogP contribution in [0.2, 0.25) is 0 Å². The van der Waals surface area contributed by atoms with Gasteiger partial charge >= 0.3 is 0 Å². The smallest absolute Gasteiger partial charge is 0.121 e. The number of aryl methyl sites for hydroxylation is 1. The van der Waals surface area contributed by atoms with Crippen molar-refractivity contribution in [1.82, 2.24) is 0 Å². The zero-order valence-electron chi connectivity index (χ0n) is 23.3. The van der Waals surface area contributed by atoms with Crippen molar-refractivity contribution in [1.29, 1.82) is 0 Å². The molecular formula is C35H34N2O3. The maximum absolute atomic E-state index is 5.51. The van der Waals surface area contributed by atoms with E-state index in [1.165, 1.54) is 0 Å². The number of hydrogen-bond acceptors (Lipinski definition) is 5. The van der Waals surface area contributed by atoms with Crippen molar-refractivity contribution >= 4 is 28.4 Å². The highest BCUT2D eigenvalue weighted by molar-refractivity contribution is 5.79. The number of anilines is 5. The summed E-state index contributed by atoms with van der Waals surface area (Å²) >= 11 is 0. The van der Waals surface area contributed by atoms with Gasteiger partial charge < -0.3 is 24.4 Å². The van der Waals surface area contributed by atoms with Crippen LogP contribution in [0.4, 0.5) is 28.4 Å². The number of hydrogen-bond donors (Lipinski definition) is 1. The number of methoxy groups -OCH3 is 3. The van der Waals surface area contributed by atoms with Crippen LogP contribution in [0.5, 0.6) is 11.5 Å². The Balaban J connectivity index is 1.40. The van der Waals surface area contributed by atoms with Crippen LogP contribution in [0.25, 0.3) is 11.1 Å². The minimum absolute atomic E-state index is 0.588. The number of nitrogens with zero attached hydrogens (tertiary/aromatic N) is 1. The molecule has 0 saturated heterocycles. The highest BCUT2D eigenvalue weighted by Crippen LogP contribution is 2.37. The van der Waals surface area contributed by atoms with Gasteiger partial charge in [0.1, 0.15) is 11.5 Å². The summed E-state index contributed by atoms with van der Waals surface area (Å²) in [5.41, 5.74) is 9.80. The van der Waals surface area contributed by atoms with Gasteiger partial charge in [-0.1, -0.05) is 36.4 Å². The quantitative estimate of drug-likeness (QED) is 0.195. The third-order valence-electron chi connectivity index (χ3n) is 6.86. The number of rotatable bonds is 10. The Kier molecular flexibility index (Phi) is 8.33. The first-order chi connectivity index (χ1) is 19.6. The standard InChI is InChI=1S/C35H34N2O3/c1-25-23-33(19-22-35(25)40-4)37(31-15-5-26(6-16-31)24-38-2)32-17-9-28(10-18-32)27-7-11-29(12-8-27)36-30-13-20-34(39-3)21-14-30/h5-23,36H,24H2,1-4H3. The SMILES string of the molecule is COCc1ccc(N(c2ccc(-c3ccc(Nc4ccc(OC)cc4)cc3)cc2)c2ccc(OC)c(C)c2)cc1. The molecule has 1 N–H and O–H groups in total. The molecule has 0 bridgehead atoms. The largest absolute Gasteiger partial charge is 0.497 e. The molecule has 0 amide bonds. The van der Waals surface area contributed by atoms with E-state index in [0.29, 0.717) is 6.61 Å². The van der Waals surface area contributed by atoms with Gasteiger partial charge in [-0.25, -0.2) is 0 Å². The lowest BCUT2D eigenvalue weighted by atomic mass is 10.0. The van der Waals surface area contributed by atoms with Crippen molar-refractivity contribution in [2.24, 2.45) is 0 Å². The fraction of sp³-hybridized carbons (Fsp3) is 0.143. The molecular weight excluding hydrogens is 496 g/mol. The first kappa shape index (κ1) is 26.9. The van der Waals surface area contributed by atoms with E-state index in [1.807, 2.05) is 30.3 Å². The summed E-state index contributed by atoms with van der Waals surface area (Å²) in [4.78, 5) is 2.26. The van der Waals surface area contributed by atoms with Gasteiger partial charge in [-0.3, -0.25) is 0 Å². The van der Waals surface area contributed by atoms with Crippen LogP contribution in [0.1, 0.15) is 11.1 Å². The van der Waals surface area contributed by atoms with Gasteiger partial charge in [0.05, 0.1) is 20.8 Å². The first-order valence-corrected chi connectivity index (χ1v) is 13.2. The van der Waals surface area contributed by atoms with Crippen LogP contribution in [0.3, 0.4) is 0 Å². The maximum atomic E-state index is 5.51. The fourth-order valence-corrected chi connectivity index (χ4v) is 4.75. The molecule has 5 aromatic carbocycles. The monoisotopic (exact) mass is 530 g/mol. The fourth-order valence-electron chi connectivity index (χ4n) is 4.75. The summed E-state index contributed by atoms with van der Waals surface area (Å²) in [5.74, 6) is 1.72. The summed E-state index contributed by atoms with van der Waals surface area (Å²) in [6.07, 6.45) is 0. The third kappa shape index (κ3) is 6.11. The van der Waals surface area contributed by atoms with E-state index in [1.54, 1.807) is 21.3 Å². The van der Waals surface area contributed by atoms with E-state index < -0.39 is 0 Å². The molecule has 0 aliphatic carbocycles. The maximum Gasteiger partial charge on any atom is 0.121 e. The van der Waals surface area contributed by atoms with E-state index in [0.717, 1.165) is 62.2 Å². The molecule has 0 heterocycles. The van der Waals surface area contributed by atoms with Crippen LogP contribution in [0.15, 0.2) is 115 Å². The van der Waals surface area contributed by atoms with Gasteiger partial charge in [0, 0.05) is 35.5 Å². The third-order valence-corrected chi connectivity index (χ3v) is 6.86. The normalized spacial score (nSPS) is 10.7. The lowest BCUT2D eigenvalue weighted by Gasteiger charge is -2.26. The van der Waals surface area contributed by atoms with Gasteiger partial charge in [0.2, 0.25) is 0 Å². The van der Waals surface area contributed by atoms with Crippen LogP contribution in [0, 0.1) is 6.92 Å². The molecule has 202 valence electrons. The van der Waals surface area contributed by atoms with Gasteiger partial charge in [-0.15, -0.1) is 0 Å². The van der Waals surface area contributed by atoms with Crippen molar-refractivity contribution in [3.63, 3.8) is 0 Å². The zero-order valence-corrected chi connectivity index (χ0v) is 23.3. The van der Waals surface area contributed by atoms with Gasteiger partial charge in [-0.2, -0.15) is 0 Å².